The average molecular weight is 164 g/mol. The number of nitrogens with one attached hydrogen (secondary N) is 1. The summed E-state index contributed by atoms with van der Waals surface area (Å²) in [5.74, 6) is 0. The Kier molecular flexibility index (Phi) is 7.78. The number of alkyl halides is 1. The maximum Gasteiger partial charge on any atom is 0.102 e. The van der Waals surface area contributed by atoms with E-state index >= 15 is 0 Å². The molecule has 0 unspecified atom stereocenters. The standard InChI is InChI=1S/C7H17FN2O/c1-10(6-7-11)5-4-9-3-2-8/h9,11H,2-7H2,1H3. The first-order valence-corrected chi connectivity index (χ1v) is 3.87. The van der Waals surface area contributed by atoms with Crippen LogP contribution in [0.25, 0.3) is 0 Å². The molecular formula is C7H17FN2O. The van der Waals surface area contributed by atoms with Crippen LogP contribution in [0.2, 0.25) is 0 Å². The molecule has 0 rings (SSSR count). The van der Waals surface area contributed by atoms with E-state index in [4.69, 9.17) is 5.11 Å². The molecule has 11 heavy (non-hydrogen) atoms. The minimum atomic E-state index is -0.316. The predicted molar refractivity (Wildman–Crippen MR) is 43.4 cm³/mol. The van der Waals surface area contributed by atoms with E-state index in [2.05, 4.69) is 5.32 Å². The van der Waals surface area contributed by atoms with Crippen LogP contribution in [0.5, 0.6) is 0 Å². The van der Waals surface area contributed by atoms with Gasteiger partial charge in [0.2, 0.25) is 0 Å². The monoisotopic (exact) mass is 164 g/mol. The molecule has 3 nitrogen and oxygen atoms in total. The molecule has 0 spiro atoms. The number of aliphatic hydroxyl groups excluding tert-OH is 1. The quantitative estimate of drug-likeness (QED) is 0.496. The number of hydrogen-bond donors (Lipinski definition) is 2. The van der Waals surface area contributed by atoms with Gasteiger partial charge in [-0.25, -0.2) is 4.39 Å². The van der Waals surface area contributed by atoms with E-state index in [1.165, 1.54) is 0 Å². The van der Waals surface area contributed by atoms with Crippen LogP contribution in [-0.4, -0.2) is 56.5 Å². The SMILES string of the molecule is CN(CCO)CCNCCF. The molecule has 0 saturated carbocycles. The van der Waals surface area contributed by atoms with Crippen LogP contribution in [0.4, 0.5) is 4.39 Å². The third kappa shape index (κ3) is 7.71. The Morgan fingerprint density at radius 1 is 1.36 bits per heavy atom. The molecule has 0 aromatic carbocycles. The van der Waals surface area contributed by atoms with Crippen molar-refractivity contribution in [2.24, 2.45) is 0 Å². The molecule has 0 saturated heterocycles. The molecule has 0 fully saturated rings. The lowest BCUT2D eigenvalue weighted by Crippen LogP contribution is -2.31. The molecule has 0 aliphatic heterocycles. The smallest absolute Gasteiger partial charge is 0.102 e. The summed E-state index contributed by atoms with van der Waals surface area (Å²) in [5.41, 5.74) is 0. The lowest BCUT2D eigenvalue weighted by atomic mass is 10.5. The highest BCUT2D eigenvalue weighted by Gasteiger charge is 1.94. The molecular weight excluding hydrogens is 147 g/mol. The molecule has 0 bridgehead atoms. The van der Waals surface area contributed by atoms with Gasteiger partial charge in [-0.15, -0.1) is 0 Å². The van der Waals surface area contributed by atoms with Crippen LogP contribution in [0.1, 0.15) is 0 Å². The fourth-order valence-corrected chi connectivity index (χ4v) is 0.744. The zero-order chi connectivity index (χ0) is 8.53. The van der Waals surface area contributed by atoms with Gasteiger partial charge in [-0.1, -0.05) is 0 Å². The van der Waals surface area contributed by atoms with E-state index in [0.29, 0.717) is 13.1 Å². The van der Waals surface area contributed by atoms with Crippen molar-refractivity contribution in [2.75, 3.05) is 46.5 Å². The summed E-state index contributed by atoms with van der Waals surface area (Å²) in [6.07, 6.45) is 0. The Hall–Kier alpha value is -0.190. The summed E-state index contributed by atoms with van der Waals surface area (Å²) in [7, 11) is 1.92. The van der Waals surface area contributed by atoms with Crippen molar-refractivity contribution >= 4 is 0 Å². The summed E-state index contributed by atoms with van der Waals surface area (Å²) >= 11 is 0. The van der Waals surface area contributed by atoms with Crippen LogP contribution in [0, 0.1) is 0 Å². The number of likely N-dealkylation sites (N-methyl/N-ethyl adjacent to an activating group) is 1. The molecule has 0 aliphatic rings. The number of hydrogen-bond acceptors (Lipinski definition) is 3. The zero-order valence-corrected chi connectivity index (χ0v) is 7.02. The topological polar surface area (TPSA) is 35.5 Å². The van der Waals surface area contributed by atoms with Crippen molar-refractivity contribution in [2.45, 2.75) is 0 Å². The van der Waals surface area contributed by atoms with Crippen molar-refractivity contribution in [3.63, 3.8) is 0 Å². The van der Waals surface area contributed by atoms with E-state index in [0.717, 1.165) is 13.1 Å². The summed E-state index contributed by atoms with van der Waals surface area (Å²) in [6, 6.07) is 0. The molecule has 4 heteroatoms. The van der Waals surface area contributed by atoms with Crippen molar-refractivity contribution in [3.05, 3.63) is 0 Å². The normalized spacial score (nSPS) is 10.9. The van der Waals surface area contributed by atoms with Crippen molar-refractivity contribution in [3.8, 4) is 0 Å². The molecule has 2 N–H and O–H groups in total. The van der Waals surface area contributed by atoms with Gasteiger partial charge in [-0.3, -0.25) is 0 Å². The molecule has 0 aliphatic carbocycles. The first kappa shape index (κ1) is 10.8. The van der Waals surface area contributed by atoms with E-state index in [1.54, 1.807) is 0 Å². The first-order valence-electron chi connectivity index (χ1n) is 3.87. The fraction of sp³-hybridized carbons (Fsp3) is 1.00. The van der Waals surface area contributed by atoms with Crippen LogP contribution in [0.3, 0.4) is 0 Å². The highest BCUT2D eigenvalue weighted by molar-refractivity contribution is 4.53. The highest BCUT2D eigenvalue weighted by Crippen LogP contribution is 1.77. The van der Waals surface area contributed by atoms with E-state index in [1.807, 2.05) is 11.9 Å². The van der Waals surface area contributed by atoms with E-state index in [9.17, 15) is 4.39 Å². The Morgan fingerprint density at radius 3 is 2.64 bits per heavy atom. The van der Waals surface area contributed by atoms with Gasteiger partial charge in [-0.05, 0) is 7.05 Å². The largest absolute Gasteiger partial charge is 0.395 e. The highest BCUT2D eigenvalue weighted by atomic mass is 19.1. The summed E-state index contributed by atoms with van der Waals surface area (Å²) in [5, 5.41) is 11.4. The Bertz CT molecular complexity index is 82.8. The molecule has 0 aromatic heterocycles. The maximum absolute atomic E-state index is 11.5. The van der Waals surface area contributed by atoms with Crippen molar-refractivity contribution in [1.82, 2.24) is 10.2 Å². The number of nitrogens with zero attached hydrogens (tertiary/aromatic N) is 1. The Labute approximate surface area is 67.2 Å². The van der Waals surface area contributed by atoms with Gasteiger partial charge in [0, 0.05) is 26.2 Å². The lowest BCUT2D eigenvalue weighted by Gasteiger charge is -2.14. The molecule has 0 heterocycles. The van der Waals surface area contributed by atoms with Crippen molar-refractivity contribution < 1.29 is 9.50 Å². The van der Waals surface area contributed by atoms with Crippen LogP contribution < -0.4 is 5.32 Å². The third-order valence-corrected chi connectivity index (χ3v) is 1.42. The second-order valence-electron chi connectivity index (χ2n) is 2.47. The van der Waals surface area contributed by atoms with Gasteiger partial charge >= 0.3 is 0 Å². The van der Waals surface area contributed by atoms with Crippen LogP contribution in [-0.2, 0) is 0 Å². The summed E-state index contributed by atoms with van der Waals surface area (Å²) < 4.78 is 11.5. The lowest BCUT2D eigenvalue weighted by molar-refractivity contribution is 0.221. The molecule has 0 aromatic rings. The Morgan fingerprint density at radius 2 is 2.09 bits per heavy atom. The zero-order valence-electron chi connectivity index (χ0n) is 7.02. The number of halogens is 1. The third-order valence-electron chi connectivity index (χ3n) is 1.42. The van der Waals surface area contributed by atoms with Gasteiger partial charge < -0.3 is 15.3 Å². The summed E-state index contributed by atoms with van der Waals surface area (Å²) in [6.45, 7) is 2.59. The van der Waals surface area contributed by atoms with Gasteiger partial charge in [0.15, 0.2) is 0 Å². The van der Waals surface area contributed by atoms with Crippen molar-refractivity contribution in [1.29, 1.82) is 0 Å². The van der Waals surface area contributed by atoms with Crippen LogP contribution >= 0.6 is 0 Å². The minimum absolute atomic E-state index is 0.180. The molecule has 68 valence electrons. The molecule has 0 radical (unpaired) electrons. The fourth-order valence-electron chi connectivity index (χ4n) is 0.744. The number of rotatable bonds is 7. The van der Waals surface area contributed by atoms with E-state index < -0.39 is 0 Å². The van der Waals surface area contributed by atoms with E-state index in [-0.39, 0.29) is 13.3 Å². The second kappa shape index (κ2) is 7.91. The molecule has 0 atom stereocenters. The van der Waals surface area contributed by atoms with Gasteiger partial charge in [0.05, 0.1) is 6.61 Å². The summed E-state index contributed by atoms with van der Waals surface area (Å²) in [4.78, 5) is 1.99. The maximum atomic E-state index is 11.5. The molecule has 0 amide bonds. The average Bonchev–Trinajstić information content (AvgIpc) is 1.99. The second-order valence-corrected chi connectivity index (χ2v) is 2.47. The van der Waals surface area contributed by atoms with Gasteiger partial charge in [0.25, 0.3) is 0 Å². The predicted octanol–water partition coefficient (Wildman–Crippen LogP) is -0.530. The van der Waals surface area contributed by atoms with Gasteiger partial charge in [-0.2, -0.15) is 0 Å². The minimum Gasteiger partial charge on any atom is -0.395 e. The first-order chi connectivity index (χ1) is 5.31. The van der Waals surface area contributed by atoms with Crippen LogP contribution in [0.15, 0.2) is 0 Å². The number of aliphatic hydroxyl groups is 1. The van der Waals surface area contributed by atoms with Gasteiger partial charge in [0.1, 0.15) is 6.67 Å². The Balaban J connectivity index is 2.97.